The van der Waals surface area contributed by atoms with Gasteiger partial charge in [0.25, 0.3) is 0 Å². The third-order valence-electron chi connectivity index (χ3n) is 3.97. The maximum atomic E-state index is 10.4. The van der Waals surface area contributed by atoms with Crippen molar-refractivity contribution in [3.8, 4) is 0 Å². The average Bonchev–Trinajstić information content (AvgIpc) is 3.13. The molecular formula is C13H23NO3. The molecule has 1 heterocycles. The molecular weight excluding hydrogens is 218 g/mol. The van der Waals surface area contributed by atoms with E-state index in [-0.39, 0.29) is 12.7 Å². The van der Waals surface area contributed by atoms with Crippen LogP contribution in [-0.4, -0.2) is 47.8 Å². The number of hydrogen-bond acceptors (Lipinski definition) is 3. The number of carboxylic acids is 1. The van der Waals surface area contributed by atoms with E-state index in [0.29, 0.717) is 0 Å². The number of likely N-dealkylation sites (tertiary alicyclic amines) is 1. The van der Waals surface area contributed by atoms with Crippen LogP contribution in [0.15, 0.2) is 0 Å². The molecule has 1 unspecified atom stereocenters. The molecule has 1 aliphatic carbocycles. The quantitative estimate of drug-likeness (QED) is 0.769. The van der Waals surface area contributed by atoms with Gasteiger partial charge in [0.15, 0.2) is 0 Å². The first-order valence-electron chi connectivity index (χ1n) is 6.78. The Morgan fingerprint density at radius 1 is 1.35 bits per heavy atom. The summed E-state index contributed by atoms with van der Waals surface area (Å²) in [4.78, 5) is 13.0. The average molecular weight is 241 g/mol. The van der Waals surface area contributed by atoms with Crippen LogP contribution in [0.2, 0.25) is 0 Å². The highest BCUT2D eigenvalue weighted by molar-refractivity contribution is 5.68. The van der Waals surface area contributed by atoms with E-state index >= 15 is 0 Å². The van der Waals surface area contributed by atoms with Crippen molar-refractivity contribution in [1.82, 2.24) is 4.90 Å². The minimum absolute atomic E-state index is 0.148. The largest absolute Gasteiger partial charge is 0.480 e. The fourth-order valence-electron chi connectivity index (χ4n) is 2.93. The van der Waals surface area contributed by atoms with Gasteiger partial charge in [0.2, 0.25) is 0 Å². The Hall–Kier alpha value is -0.610. The summed E-state index contributed by atoms with van der Waals surface area (Å²) in [7, 11) is 0. The van der Waals surface area contributed by atoms with Gasteiger partial charge in [-0.15, -0.1) is 0 Å². The molecule has 0 spiro atoms. The molecule has 4 nitrogen and oxygen atoms in total. The van der Waals surface area contributed by atoms with E-state index in [2.05, 4.69) is 11.8 Å². The van der Waals surface area contributed by atoms with Gasteiger partial charge in [0, 0.05) is 19.1 Å². The summed E-state index contributed by atoms with van der Waals surface area (Å²) in [5.41, 5.74) is 0. The number of carboxylic acid groups (broad SMARTS) is 1. The van der Waals surface area contributed by atoms with Gasteiger partial charge in [0.05, 0.1) is 6.10 Å². The predicted octanol–water partition coefficient (Wildman–Crippen LogP) is 1.74. The zero-order chi connectivity index (χ0) is 12.3. The van der Waals surface area contributed by atoms with Crippen molar-refractivity contribution in [1.29, 1.82) is 0 Å². The zero-order valence-corrected chi connectivity index (χ0v) is 10.6. The molecule has 4 heteroatoms. The van der Waals surface area contributed by atoms with Gasteiger partial charge in [-0.05, 0) is 38.0 Å². The van der Waals surface area contributed by atoms with E-state index in [1.807, 2.05) is 0 Å². The molecule has 17 heavy (non-hydrogen) atoms. The molecule has 1 saturated heterocycles. The van der Waals surface area contributed by atoms with Gasteiger partial charge < -0.3 is 9.84 Å². The van der Waals surface area contributed by atoms with Gasteiger partial charge in [-0.1, -0.05) is 6.92 Å². The Kier molecular flexibility index (Phi) is 4.40. The van der Waals surface area contributed by atoms with E-state index in [1.165, 1.54) is 19.3 Å². The topological polar surface area (TPSA) is 49.8 Å². The minimum Gasteiger partial charge on any atom is -0.480 e. The predicted molar refractivity (Wildman–Crippen MR) is 65.0 cm³/mol. The summed E-state index contributed by atoms with van der Waals surface area (Å²) >= 11 is 0. The van der Waals surface area contributed by atoms with Crippen LogP contribution < -0.4 is 0 Å². The lowest BCUT2D eigenvalue weighted by molar-refractivity contribution is -0.145. The van der Waals surface area contributed by atoms with Crippen LogP contribution in [0.3, 0.4) is 0 Å². The molecule has 98 valence electrons. The molecule has 0 aromatic rings. The molecule has 0 aromatic heterocycles. The highest BCUT2D eigenvalue weighted by atomic mass is 16.5. The van der Waals surface area contributed by atoms with Gasteiger partial charge in [-0.25, -0.2) is 4.79 Å². The smallest absolute Gasteiger partial charge is 0.329 e. The number of piperidine rings is 1. The lowest BCUT2D eigenvalue weighted by atomic mass is 10.0. The Labute approximate surface area is 103 Å². The van der Waals surface area contributed by atoms with Crippen LogP contribution in [0, 0.1) is 5.92 Å². The Bertz CT molecular complexity index is 257. The standard InChI is InChI=1S/C13H23NO3/c1-2-12(10-3-4-10)14-7-5-11(6-8-14)17-9-13(15)16/h10-12H,2-9H2,1H3,(H,15,16). The van der Waals surface area contributed by atoms with E-state index in [0.717, 1.165) is 37.9 Å². The molecule has 0 radical (unpaired) electrons. The number of nitrogens with zero attached hydrogens (tertiary/aromatic N) is 1. The highest BCUT2D eigenvalue weighted by Gasteiger charge is 2.35. The molecule has 2 aliphatic rings. The molecule has 1 atom stereocenters. The van der Waals surface area contributed by atoms with Crippen molar-refractivity contribution in [2.45, 2.75) is 51.2 Å². The third-order valence-corrected chi connectivity index (χ3v) is 3.97. The SMILES string of the molecule is CCC(C1CC1)N1CCC(OCC(=O)O)CC1. The van der Waals surface area contributed by atoms with Crippen molar-refractivity contribution in [3.63, 3.8) is 0 Å². The summed E-state index contributed by atoms with van der Waals surface area (Å²) in [6.07, 6.45) is 6.15. The first-order chi connectivity index (χ1) is 8.20. The van der Waals surface area contributed by atoms with Gasteiger partial charge in [-0.3, -0.25) is 4.90 Å². The molecule has 0 amide bonds. The van der Waals surface area contributed by atoms with E-state index < -0.39 is 5.97 Å². The number of rotatable bonds is 6. The second-order valence-corrected chi connectivity index (χ2v) is 5.25. The normalized spacial score (nSPS) is 24.8. The van der Waals surface area contributed by atoms with Crippen LogP contribution in [0.5, 0.6) is 0 Å². The fraction of sp³-hybridized carbons (Fsp3) is 0.923. The zero-order valence-electron chi connectivity index (χ0n) is 10.6. The Morgan fingerprint density at radius 2 is 2.00 bits per heavy atom. The molecule has 2 fully saturated rings. The van der Waals surface area contributed by atoms with E-state index in [4.69, 9.17) is 9.84 Å². The van der Waals surface area contributed by atoms with Crippen molar-refractivity contribution in [2.24, 2.45) is 5.92 Å². The number of aliphatic carboxylic acids is 1. The Morgan fingerprint density at radius 3 is 2.47 bits per heavy atom. The molecule has 0 bridgehead atoms. The lowest BCUT2D eigenvalue weighted by Crippen LogP contribution is -2.44. The second-order valence-electron chi connectivity index (χ2n) is 5.25. The highest BCUT2D eigenvalue weighted by Crippen LogP contribution is 2.37. The number of ether oxygens (including phenoxy) is 1. The maximum Gasteiger partial charge on any atom is 0.329 e. The van der Waals surface area contributed by atoms with Crippen molar-refractivity contribution < 1.29 is 14.6 Å². The fourth-order valence-corrected chi connectivity index (χ4v) is 2.93. The second kappa shape index (κ2) is 5.83. The summed E-state index contributed by atoms with van der Waals surface area (Å²) in [6, 6.07) is 0.760. The van der Waals surface area contributed by atoms with E-state index in [9.17, 15) is 4.79 Å². The lowest BCUT2D eigenvalue weighted by Gasteiger charge is -2.37. The number of carbonyl (C=O) groups is 1. The van der Waals surface area contributed by atoms with Crippen LogP contribution in [0.4, 0.5) is 0 Å². The van der Waals surface area contributed by atoms with E-state index in [1.54, 1.807) is 0 Å². The molecule has 1 saturated carbocycles. The minimum atomic E-state index is -0.864. The summed E-state index contributed by atoms with van der Waals surface area (Å²) in [6.45, 7) is 4.26. The summed E-state index contributed by atoms with van der Waals surface area (Å²) < 4.78 is 5.36. The Balaban J connectivity index is 1.71. The maximum absolute atomic E-state index is 10.4. The van der Waals surface area contributed by atoms with Crippen LogP contribution in [-0.2, 0) is 9.53 Å². The third kappa shape index (κ3) is 3.68. The summed E-state index contributed by atoms with van der Waals surface area (Å²) in [5.74, 6) is 0.0633. The molecule has 0 aromatic carbocycles. The first kappa shape index (κ1) is 12.8. The van der Waals surface area contributed by atoms with Crippen LogP contribution in [0.25, 0.3) is 0 Å². The van der Waals surface area contributed by atoms with Gasteiger partial charge in [-0.2, -0.15) is 0 Å². The first-order valence-corrected chi connectivity index (χ1v) is 6.78. The van der Waals surface area contributed by atoms with Gasteiger partial charge >= 0.3 is 5.97 Å². The van der Waals surface area contributed by atoms with Crippen LogP contribution in [0.1, 0.15) is 39.0 Å². The monoisotopic (exact) mass is 241 g/mol. The number of hydrogen-bond donors (Lipinski definition) is 1. The van der Waals surface area contributed by atoms with Crippen molar-refractivity contribution in [3.05, 3.63) is 0 Å². The molecule has 1 N–H and O–H groups in total. The summed E-state index contributed by atoms with van der Waals surface area (Å²) in [5, 5.41) is 8.57. The van der Waals surface area contributed by atoms with Gasteiger partial charge in [0.1, 0.15) is 6.61 Å². The van der Waals surface area contributed by atoms with Crippen LogP contribution >= 0.6 is 0 Å². The molecule has 2 rings (SSSR count). The van der Waals surface area contributed by atoms with Crippen molar-refractivity contribution in [2.75, 3.05) is 19.7 Å². The van der Waals surface area contributed by atoms with Crippen molar-refractivity contribution >= 4 is 5.97 Å². The molecule has 1 aliphatic heterocycles.